The second-order valence-corrected chi connectivity index (χ2v) is 6.48. The van der Waals surface area contributed by atoms with Gasteiger partial charge in [-0.3, -0.25) is 4.79 Å². The number of carbonyl (C=O) groups excluding carboxylic acids is 1. The van der Waals surface area contributed by atoms with Crippen LogP contribution in [0.3, 0.4) is 0 Å². The molecule has 24 heavy (non-hydrogen) atoms. The Morgan fingerprint density at radius 3 is 2.62 bits per heavy atom. The molecule has 1 aliphatic carbocycles. The summed E-state index contributed by atoms with van der Waals surface area (Å²) < 4.78 is 26.8. The molecule has 3 nitrogen and oxygen atoms in total. The van der Waals surface area contributed by atoms with Gasteiger partial charge in [0.15, 0.2) is 0 Å². The zero-order chi connectivity index (χ0) is 17.3. The predicted molar refractivity (Wildman–Crippen MR) is 86.2 cm³/mol. The molecule has 0 radical (unpaired) electrons. The molecule has 0 saturated heterocycles. The van der Waals surface area contributed by atoms with Crippen molar-refractivity contribution in [1.29, 1.82) is 0 Å². The molecule has 1 saturated carbocycles. The van der Waals surface area contributed by atoms with Gasteiger partial charge in [-0.15, -0.1) is 0 Å². The molecule has 0 heterocycles. The van der Waals surface area contributed by atoms with Crippen LogP contribution in [0.25, 0.3) is 0 Å². The lowest BCUT2D eigenvalue weighted by molar-refractivity contribution is -0.123. The van der Waals surface area contributed by atoms with E-state index < -0.39 is 17.2 Å². The van der Waals surface area contributed by atoms with Gasteiger partial charge < -0.3 is 10.4 Å². The second-order valence-electron chi connectivity index (χ2n) is 6.48. The first-order valence-corrected chi connectivity index (χ1v) is 7.89. The van der Waals surface area contributed by atoms with Gasteiger partial charge in [-0.2, -0.15) is 0 Å². The summed E-state index contributed by atoms with van der Waals surface area (Å²) in [7, 11) is 0. The molecule has 0 bridgehead atoms. The third-order valence-corrected chi connectivity index (χ3v) is 4.47. The molecule has 2 aromatic rings. The normalized spacial score (nSPS) is 21.8. The van der Waals surface area contributed by atoms with E-state index in [4.69, 9.17) is 0 Å². The third kappa shape index (κ3) is 3.46. The molecule has 2 aromatic carbocycles. The van der Waals surface area contributed by atoms with Crippen molar-refractivity contribution in [2.75, 3.05) is 6.54 Å². The molecule has 126 valence electrons. The second kappa shape index (κ2) is 6.32. The van der Waals surface area contributed by atoms with Gasteiger partial charge in [0, 0.05) is 17.5 Å². The Kier molecular flexibility index (Phi) is 4.37. The first-order chi connectivity index (χ1) is 11.4. The number of benzene rings is 2. The minimum absolute atomic E-state index is 0.0420. The minimum atomic E-state index is -1.61. The van der Waals surface area contributed by atoms with Crippen LogP contribution in [-0.2, 0) is 10.4 Å². The van der Waals surface area contributed by atoms with Gasteiger partial charge >= 0.3 is 0 Å². The lowest BCUT2D eigenvalue weighted by Gasteiger charge is -2.24. The van der Waals surface area contributed by atoms with Gasteiger partial charge in [0.1, 0.15) is 17.2 Å². The van der Waals surface area contributed by atoms with E-state index in [2.05, 4.69) is 5.32 Å². The van der Waals surface area contributed by atoms with Crippen molar-refractivity contribution in [3.63, 3.8) is 0 Å². The SMILES string of the molecule is CC(O)(CNC(=O)C1CC1c1ccccc1)c1ccc(F)cc1F. The van der Waals surface area contributed by atoms with E-state index in [-0.39, 0.29) is 29.9 Å². The standard InChI is InChI=1S/C19H19F2NO2/c1-19(24,16-8-7-13(20)9-17(16)21)11-22-18(23)15-10-14(15)12-5-3-2-4-6-12/h2-9,14-15,24H,10-11H2,1H3,(H,22,23). The van der Waals surface area contributed by atoms with Gasteiger partial charge in [-0.05, 0) is 30.9 Å². The Bertz CT molecular complexity index is 746. The molecule has 5 heteroatoms. The summed E-state index contributed by atoms with van der Waals surface area (Å²) in [6.07, 6.45) is 0.767. The predicted octanol–water partition coefficient (Wildman–Crippen LogP) is 3.09. The molecule has 1 fully saturated rings. The Labute approximate surface area is 139 Å². The quantitative estimate of drug-likeness (QED) is 0.884. The van der Waals surface area contributed by atoms with Gasteiger partial charge in [0.25, 0.3) is 0 Å². The van der Waals surface area contributed by atoms with Crippen LogP contribution in [0.5, 0.6) is 0 Å². The van der Waals surface area contributed by atoms with E-state index in [0.29, 0.717) is 0 Å². The number of nitrogens with one attached hydrogen (secondary N) is 1. The van der Waals surface area contributed by atoms with Crippen LogP contribution in [0.4, 0.5) is 8.78 Å². The van der Waals surface area contributed by atoms with Gasteiger partial charge in [0.2, 0.25) is 5.91 Å². The van der Waals surface area contributed by atoms with Crippen LogP contribution < -0.4 is 5.32 Å². The van der Waals surface area contributed by atoms with E-state index in [1.54, 1.807) is 0 Å². The zero-order valence-electron chi connectivity index (χ0n) is 13.3. The highest BCUT2D eigenvalue weighted by atomic mass is 19.1. The maximum Gasteiger partial charge on any atom is 0.223 e. The molecular weight excluding hydrogens is 312 g/mol. The summed E-state index contributed by atoms with van der Waals surface area (Å²) in [4.78, 5) is 12.2. The zero-order valence-corrected chi connectivity index (χ0v) is 13.3. The average Bonchev–Trinajstić information content (AvgIpc) is 3.34. The minimum Gasteiger partial charge on any atom is -0.383 e. The smallest absolute Gasteiger partial charge is 0.223 e. The molecule has 3 rings (SSSR count). The maximum absolute atomic E-state index is 13.8. The lowest BCUT2D eigenvalue weighted by Crippen LogP contribution is -2.40. The number of hydrogen-bond donors (Lipinski definition) is 2. The van der Waals surface area contributed by atoms with Crippen LogP contribution in [0, 0.1) is 17.6 Å². The fraction of sp³-hybridized carbons (Fsp3) is 0.316. The average molecular weight is 331 g/mol. The van der Waals surface area contributed by atoms with Crippen molar-refractivity contribution in [2.24, 2.45) is 5.92 Å². The van der Waals surface area contributed by atoms with Crippen LogP contribution in [0.15, 0.2) is 48.5 Å². The highest BCUT2D eigenvalue weighted by Crippen LogP contribution is 2.47. The molecule has 3 unspecified atom stereocenters. The molecule has 2 N–H and O–H groups in total. The summed E-state index contributed by atoms with van der Waals surface area (Å²) in [5.41, 5.74) is -0.529. The van der Waals surface area contributed by atoms with Gasteiger partial charge in [0.05, 0.1) is 6.54 Å². The molecule has 3 atom stereocenters. The highest BCUT2D eigenvalue weighted by Gasteiger charge is 2.44. The fourth-order valence-corrected chi connectivity index (χ4v) is 2.97. The van der Waals surface area contributed by atoms with Crippen molar-refractivity contribution in [3.8, 4) is 0 Å². The van der Waals surface area contributed by atoms with E-state index >= 15 is 0 Å². The third-order valence-electron chi connectivity index (χ3n) is 4.47. The van der Waals surface area contributed by atoms with Crippen LogP contribution in [-0.4, -0.2) is 17.6 Å². The molecule has 0 spiro atoms. The maximum atomic E-state index is 13.8. The molecule has 1 aliphatic rings. The Balaban J connectivity index is 1.60. The topological polar surface area (TPSA) is 49.3 Å². The van der Waals surface area contributed by atoms with Gasteiger partial charge in [-0.1, -0.05) is 36.4 Å². The van der Waals surface area contributed by atoms with E-state index in [1.165, 1.54) is 13.0 Å². The van der Waals surface area contributed by atoms with Crippen molar-refractivity contribution in [1.82, 2.24) is 5.32 Å². The van der Waals surface area contributed by atoms with Crippen molar-refractivity contribution < 1.29 is 18.7 Å². The Morgan fingerprint density at radius 1 is 1.25 bits per heavy atom. The number of aliphatic hydroxyl groups is 1. The fourth-order valence-electron chi connectivity index (χ4n) is 2.97. The molecule has 0 aliphatic heterocycles. The van der Waals surface area contributed by atoms with Crippen molar-refractivity contribution >= 4 is 5.91 Å². The molecular formula is C19H19F2NO2. The molecule has 1 amide bonds. The number of rotatable bonds is 5. The summed E-state index contributed by atoms with van der Waals surface area (Å²) >= 11 is 0. The lowest BCUT2D eigenvalue weighted by atomic mass is 9.95. The Morgan fingerprint density at radius 2 is 1.96 bits per heavy atom. The van der Waals surface area contributed by atoms with E-state index in [9.17, 15) is 18.7 Å². The summed E-state index contributed by atoms with van der Waals surface area (Å²) in [6, 6.07) is 12.8. The van der Waals surface area contributed by atoms with E-state index in [0.717, 1.165) is 24.1 Å². The number of hydrogen-bond acceptors (Lipinski definition) is 2. The number of halogens is 2. The molecule has 0 aromatic heterocycles. The number of carbonyl (C=O) groups is 1. The monoisotopic (exact) mass is 331 g/mol. The van der Waals surface area contributed by atoms with Gasteiger partial charge in [-0.25, -0.2) is 8.78 Å². The van der Waals surface area contributed by atoms with Crippen molar-refractivity contribution in [3.05, 3.63) is 71.3 Å². The van der Waals surface area contributed by atoms with Crippen LogP contribution in [0.1, 0.15) is 30.4 Å². The summed E-state index contributed by atoms with van der Waals surface area (Å²) in [6.45, 7) is 1.26. The summed E-state index contributed by atoms with van der Waals surface area (Å²) in [5.74, 6) is -1.63. The van der Waals surface area contributed by atoms with E-state index in [1.807, 2.05) is 30.3 Å². The Hall–Kier alpha value is -2.27. The van der Waals surface area contributed by atoms with Crippen LogP contribution >= 0.6 is 0 Å². The highest BCUT2D eigenvalue weighted by molar-refractivity contribution is 5.83. The van der Waals surface area contributed by atoms with Crippen molar-refractivity contribution in [2.45, 2.75) is 24.9 Å². The van der Waals surface area contributed by atoms with Crippen LogP contribution in [0.2, 0.25) is 0 Å². The first kappa shape index (κ1) is 16.6. The first-order valence-electron chi connectivity index (χ1n) is 7.89. The number of amides is 1. The summed E-state index contributed by atoms with van der Waals surface area (Å²) in [5, 5.41) is 13.1. The largest absolute Gasteiger partial charge is 0.383 e.